The molecule has 0 saturated carbocycles. The van der Waals surface area contributed by atoms with Crippen molar-refractivity contribution in [2.45, 2.75) is 18.2 Å². The van der Waals surface area contributed by atoms with Crippen LogP contribution in [0.5, 0.6) is 0 Å². The highest BCUT2D eigenvalue weighted by molar-refractivity contribution is 6.30. The summed E-state index contributed by atoms with van der Waals surface area (Å²) in [7, 11) is 0. The van der Waals surface area contributed by atoms with Crippen LogP contribution in [0.2, 0.25) is 0 Å². The lowest BCUT2D eigenvalue weighted by molar-refractivity contribution is -0.133. The fourth-order valence-electron chi connectivity index (χ4n) is 2.34. The number of benzene rings is 1. The Morgan fingerprint density at radius 2 is 2.17 bits per heavy atom. The van der Waals surface area contributed by atoms with Crippen molar-refractivity contribution in [3.8, 4) is 0 Å². The van der Waals surface area contributed by atoms with Crippen LogP contribution in [-0.2, 0) is 4.79 Å². The van der Waals surface area contributed by atoms with Crippen LogP contribution < -0.4 is 0 Å². The molecule has 1 heterocycles. The van der Waals surface area contributed by atoms with Crippen LogP contribution >= 0.6 is 11.6 Å². The first-order valence-corrected chi connectivity index (χ1v) is 6.74. The van der Waals surface area contributed by atoms with Gasteiger partial charge in [0, 0.05) is 19.7 Å². The topological polar surface area (TPSA) is 40.5 Å². The average Bonchev–Trinajstić information content (AvgIpc) is 2.46. The van der Waals surface area contributed by atoms with E-state index in [1.165, 1.54) is 0 Å². The number of rotatable bonds is 3. The first-order chi connectivity index (χ1) is 8.72. The third-order valence-electron chi connectivity index (χ3n) is 3.40. The molecule has 0 aromatic heterocycles. The van der Waals surface area contributed by atoms with E-state index in [1.54, 1.807) is 4.90 Å². The van der Waals surface area contributed by atoms with Crippen LogP contribution in [0.1, 0.15) is 23.8 Å². The van der Waals surface area contributed by atoms with Crippen molar-refractivity contribution in [3.05, 3.63) is 35.9 Å². The summed E-state index contributed by atoms with van der Waals surface area (Å²) in [6, 6.07) is 9.39. The van der Waals surface area contributed by atoms with Crippen LogP contribution in [0.25, 0.3) is 0 Å². The van der Waals surface area contributed by atoms with Gasteiger partial charge in [-0.15, -0.1) is 11.6 Å². The zero-order chi connectivity index (χ0) is 13.0. The molecule has 2 atom stereocenters. The minimum absolute atomic E-state index is 0.0546. The lowest BCUT2D eigenvalue weighted by Gasteiger charge is -2.33. The number of amides is 1. The second-order valence-electron chi connectivity index (χ2n) is 4.75. The molecule has 1 amide bonds. The number of carbonyl (C=O) groups excluding carboxylic acids is 1. The smallest absolute Gasteiger partial charge is 0.245 e. The van der Waals surface area contributed by atoms with E-state index in [0.29, 0.717) is 6.54 Å². The summed E-state index contributed by atoms with van der Waals surface area (Å²) in [4.78, 5) is 14.0. The van der Waals surface area contributed by atoms with E-state index in [1.807, 2.05) is 30.3 Å². The summed E-state index contributed by atoms with van der Waals surface area (Å²) < 4.78 is 0. The molecule has 2 unspecified atom stereocenters. The maximum Gasteiger partial charge on any atom is 0.245 e. The molecule has 98 valence electrons. The van der Waals surface area contributed by atoms with Crippen molar-refractivity contribution in [1.82, 2.24) is 4.90 Å². The van der Waals surface area contributed by atoms with Gasteiger partial charge in [0.15, 0.2) is 0 Å². The van der Waals surface area contributed by atoms with E-state index in [-0.39, 0.29) is 18.4 Å². The number of hydrogen-bond acceptors (Lipinski definition) is 2. The number of halogens is 1. The Kier molecular flexibility index (Phi) is 4.61. The zero-order valence-electron chi connectivity index (χ0n) is 10.3. The number of likely N-dealkylation sites (tertiary alicyclic amines) is 1. The largest absolute Gasteiger partial charge is 0.396 e. The Morgan fingerprint density at radius 1 is 1.44 bits per heavy atom. The van der Waals surface area contributed by atoms with Gasteiger partial charge in [-0.3, -0.25) is 4.79 Å². The van der Waals surface area contributed by atoms with Gasteiger partial charge >= 0.3 is 0 Å². The quantitative estimate of drug-likeness (QED) is 0.853. The lowest BCUT2D eigenvalue weighted by atomic mass is 9.98. The number of alkyl halides is 1. The van der Waals surface area contributed by atoms with Gasteiger partial charge in [0.1, 0.15) is 5.38 Å². The molecule has 1 aromatic carbocycles. The monoisotopic (exact) mass is 267 g/mol. The van der Waals surface area contributed by atoms with Gasteiger partial charge in [-0.25, -0.2) is 0 Å². The third-order valence-corrected chi connectivity index (χ3v) is 3.84. The summed E-state index contributed by atoms with van der Waals surface area (Å²) in [5, 5.41) is 8.55. The average molecular weight is 268 g/mol. The third kappa shape index (κ3) is 3.03. The normalized spacial score (nSPS) is 21.7. The van der Waals surface area contributed by atoms with Gasteiger partial charge in [0.05, 0.1) is 0 Å². The number of carbonyl (C=O) groups is 1. The van der Waals surface area contributed by atoms with Gasteiger partial charge in [0.2, 0.25) is 5.91 Å². The Labute approximate surface area is 112 Å². The van der Waals surface area contributed by atoms with Crippen molar-refractivity contribution in [3.63, 3.8) is 0 Å². The van der Waals surface area contributed by atoms with E-state index < -0.39 is 5.38 Å². The molecule has 18 heavy (non-hydrogen) atoms. The molecule has 1 aliphatic heterocycles. The fourth-order valence-corrected chi connectivity index (χ4v) is 2.62. The van der Waals surface area contributed by atoms with Crippen molar-refractivity contribution < 1.29 is 9.90 Å². The predicted octanol–water partition coefficient (Wildman–Crippen LogP) is 2.20. The van der Waals surface area contributed by atoms with Gasteiger partial charge in [-0.1, -0.05) is 30.3 Å². The molecule has 1 fully saturated rings. The predicted molar refractivity (Wildman–Crippen MR) is 71.4 cm³/mol. The Morgan fingerprint density at radius 3 is 2.83 bits per heavy atom. The molecule has 3 nitrogen and oxygen atoms in total. The SMILES string of the molecule is O=C(C(Cl)c1ccccc1)N1CCCC(CO)C1. The van der Waals surface area contributed by atoms with Crippen molar-refractivity contribution in [1.29, 1.82) is 0 Å². The molecule has 0 spiro atoms. The molecule has 2 rings (SSSR count). The second-order valence-corrected chi connectivity index (χ2v) is 5.18. The summed E-state index contributed by atoms with van der Waals surface area (Å²) in [6.45, 7) is 1.50. The molecule has 4 heteroatoms. The van der Waals surface area contributed by atoms with Crippen molar-refractivity contribution in [2.24, 2.45) is 5.92 Å². The van der Waals surface area contributed by atoms with Crippen LogP contribution in [0, 0.1) is 5.92 Å². The van der Waals surface area contributed by atoms with Gasteiger partial charge < -0.3 is 10.0 Å². The Balaban J connectivity index is 2.02. The van der Waals surface area contributed by atoms with Gasteiger partial charge in [-0.05, 0) is 24.3 Å². The summed E-state index contributed by atoms with van der Waals surface area (Å²) in [5.74, 6) is 0.142. The van der Waals surface area contributed by atoms with E-state index in [2.05, 4.69) is 0 Å². The van der Waals surface area contributed by atoms with E-state index in [4.69, 9.17) is 11.6 Å². The first-order valence-electron chi connectivity index (χ1n) is 6.31. The highest BCUT2D eigenvalue weighted by Gasteiger charge is 2.28. The van der Waals surface area contributed by atoms with Gasteiger partial charge in [-0.2, -0.15) is 0 Å². The van der Waals surface area contributed by atoms with Crippen LogP contribution in [0.15, 0.2) is 30.3 Å². The highest BCUT2D eigenvalue weighted by atomic mass is 35.5. The number of piperidine rings is 1. The maximum absolute atomic E-state index is 12.3. The summed E-state index contributed by atoms with van der Waals surface area (Å²) in [5.41, 5.74) is 0.829. The van der Waals surface area contributed by atoms with Crippen molar-refractivity contribution >= 4 is 17.5 Å². The summed E-state index contributed by atoms with van der Waals surface area (Å²) in [6.07, 6.45) is 1.92. The molecule has 1 aromatic rings. The van der Waals surface area contributed by atoms with Crippen molar-refractivity contribution in [2.75, 3.05) is 19.7 Å². The van der Waals surface area contributed by atoms with E-state index in [0.717, 1.165) is 24.9 Å². The minimum atomic E-state index is -0.622. The zero-order valence-corrected chi connectivity index (χ0v) is 11.0. The standard InChI is InChI=1S/C14H18ClNO2/c15-13(12-6-2-1-3-7-12)14(18)16-8-4-5-11(9-16)10-17/h1-3,6-7,11,13,17H,4-5,8-10H2. The summed E-state index contributed by atoms with van der Waals surface area (Å²) >= 11 is 6.23. The number of hydrogen-bond donors (Lipinski definition) is 1. The molecule has 0 bridgehead atoms. The Hall–Kier alpha value is -1.06. The number of nitrogens with zero attached hydrogens (tertiary/aromatic N) is 1. The highest BCUT2D eigenvalue weighted by Crippen LogP contribution is 2.25. The molecule has 0 radical (unpaired) electrons. The molecular weight excluding hydrogens is 250 g/mol. The van der Waals surface area contributed by atoms with E-state index >= 15 is 0 Å². The van der Waals surface area contributed by atoms with Gasteiger partial charge in [0.25, 0.3) is 0 Å². The Bertz CT molecular complexity index is 396. The molecule has 1 saturated heterocycles. The number of aliphatic hydroxyl groups is 1. The molecular formula is C14H18ClNO2. The van der Waals surface area contributed by atoms with Crippen LogP contribution in [-0.4, -0.2) is 35.6 Å². The molecule has 0 aliphatic carbocycles. The maximum atomic E-state index is 12.3. The molecule has 1 N–H and O–H groups in total. The minimum Gasteiger partial charge on any atom is -0.396 e. The van der Waals surface area contributed by atoms with E-state index in [9.17, 15) is 9.90 Å². The fraction of sp³-hybridized carbons (Fsp3) is 0.500. The lowest BCUT2D eigenvalue weighted by Crippen LogP contribution is -2.42. The first kappa shape index (κ1) is 13.4. The molecule has 1 aliphatic rings. The second kappa shape index (κ2) is 6.21. The van der Waals surface area contributed by atoms with Crippen LogP contribution in [0.4, 0.5) is 0 Å². The van der Waals surface area contributed by atoms with Crippen LogP contribution in [0.3, 0.4) is 0 Å². The number of aliphatic hydroxyl groups excluding tert-OH is 1.